The van der Waals surface area contributed by atoms with E-state index >= 15 is 0 Å². The maximum Gasteiger partial charge on any atom is 0.275 e. The number of hydrogen-bond acceptors (Lipinski definition) is 2. The van der Waals surface area contributed by atoms with Crippen molar-refractivity contribution in [2.75, 3.05) is 32.7 Å². The van der Waals surface area contributed by atoms with E-state index in [1.54, 1.807) is 6.07 Å². The van der Waals surface area contributed by atoms with Gasteiger partial charge < -0.3 is 20.2 Å². The van der Waals surface area contributed by atoms with Crippen molar-refractivity contribution in [3.05, 3.63) is 40.4 Å². The van der Waals surface area contributed by atoms with Gasteiger partial charge in [-0.25, -0.2) is 0 Å². The van der Waals surface area contributed by atoms with Crippen LogP contribution in [0.2, 0.25) is 0 Å². The van der Waals surface area contributed by atoms with E-state index < -0.39 is 0 Å². The number of hydrogen-bond donors (Lipinski definition) is 4. The van der Waals surface area contributed by atoms with Crippen molar-refractivity contribution >= 4 is 32.6 Å². The number of carbonyl (C=O) groups is 1. The molecule has 1 aliphatic rings. The number of benzene rings is 2. The molecule has 0 atom stereocenters. The summed E-state index contributed by atoms with van der Waals surface area (Å²) < 4.78 is 1.05. The topological polar surface area (TPSA) is 58.2 Å². The predicted octanol–water partition coefficient (Wildman–Crippen LogP) is 0.116. The molecule has 0 aromatic heterocycles. The minimum absolute atomic E-state index is 0.135. The Bertz CT molecular complexity index is 786. The van der Waals surface area contributed by atoms with E-state index in [0.29, 0.717) is 12.3 Å². The highest BCUT2D eigenvalue weighted by atomic mass is 79.9. The zero-order chi connectivity index (χ0) is 18.7. The van der Waals surface area contributed by atoms with Gasteiger partial charge in [0.1, 0.15) is 38.5 Å². The van der Waals surface area contributed by atoms with Crippen molar-refractivity contribution < 1.29 is 19.7 Å². The lowest BCUT2D eigenvalue weighted by molar-refractivity contribution is -1.02. The number of halogens is 1. The number of phenols is 1. The molecule has 1 saturated heterocycles. The number of amides is 1. The molecule has 4 N–H and O–H groups in total. The first-order chi connectivity index (χ1) is 12.4. The van der Waals surface area contributed by atoms with E-state index in [1.807, 2.05) is 26.0 Å². The first kappa shape index (κ1) is 19.1. The van der Waals surface area contributed by atoms with Crippen LogP contribution in [0.4, 0.5) is 0 Å². The Morgan fingerprint density at radius 2 is 1.85 bits per heavy atom. The fourth-order valence-corrected chi connectivity index (χ4v) is 4.08. The van der Waals surface area contributed by atoms with Crippen LogP contribution in [0.5, 0.6) is 5.75 Å². The number of piperazine rings is 1. The van der Waals surface area contributed by atoms with Crippen LogP contribution in [0.3, 0.4) is 0 Å². The van der Waals surface area contributed by atoms with Gasteiger partial charge in [0.15, 0.2) is 6.54 Å². The molecule has 1 fully saturated rings. The summed E-state index contributed by atoms with van der Waals surface area (Å²) >= 11 is 3.51. The normalized spacial score (nSPS) is 20.5. The number of rotatable bonds is 5. The van der Waals surface area contributed by atoms with E-state index in [0.717, 1.165) is 53.5 Å². The van der Waals surface area contributed by atoms with Gasteiger partial charge in [0.05, 0.1) is 5.56 Å². The maximum absolute atomic E-state index is 11.9. The monoisotopic (exact) mass is 421 g/mol. The molecule has 0 spiro atoms. The molecule has 0 saturated carbocycles. The minimum Gasteiger partial charge on any atom is -0.507 e. The Morgan fingerprint density at radius 1 is 1.15 bits per heavy atom. The molecule has 26 heavy (non-hydrogen) atoms. The highest BCUT2D eigenvalue weighted by Crippen LogP contribution is 2.28. The van der Waals surface area contributed by atoms with E-state index in [9.17, 15) is 9.90 Å². The largest absolute Gasteiger partial charge is 0.507 e. The van der Waals surface area contributed by atoms with Gasteiger partial charge >= 0.3 is 0 Å². The molecule has 0 bridgehead atoms. The third-order valence-corrected chi connectivity index (χ3v) is 5.51. The van der Waals surface area contributed by atoms with Gasteiger partial charge in [-0.15, -0.1) is 0 Å². The Labute approximate surface area is 163 Å². The second kappa shape index (κ2) is 8.37. The summed E-state index contributed by atoms with van der Waals surface area (Å²) in [5.41, 5.74) is 1.02. The zero-order valence-electron chi connectivity index (χ0n) is 15.4. The number of carbonyl (C=O) groups excluding carboxylic acids is 1. The summed E-state index contributed by atoms with van der Waals surface area (Å²) in [6.07, 6.45) is 0. The summed E-state index contributed by atoms with van der Waals surface area (Å²) in [5, 5.41) is 15.6. The number of phenolic OH excluding ortho intramolecular Hbond substituents is 1. The summed E-state index contributed by atoms with van der Waals surface area (Å²) in [6.45, 7) is 9.34. The molecule has 1 heterocycles. The quantitative estimate of drug-likeness (QED) is 0.553. The van der Waals surface area contributed by atoms with Gasteiger partial charge in [0.2, 0.25) is 0 Å². The predicted molar refractivity (Wildman–Crippen MR) is 107 cm³/mol. The van der Waals surface area contributed by atoms with E-state index in [2.05, 4.69) is 33.4 Å². The summed E-state index contributed by atoms with van der Waals surface area (Å²) in [5.74, 6) is 0.508. The van der Waals surface area contributed by atoms with Crippen LogP contribution in [0.15, 0.2) is 34.8 Å². The number of nitrogens with one attached hydrogen (secondary N) is 3. The van der Waals surface area contributed by atoms with Crippen LogP contribution in [0.1, 0.15) is 19.4 Å². The zero-order valence-corrected chi connectivity index (χ0v) is 17.0. The Kier molecular flexibility index (Phi) is 6.16. The standard InChI is InChI=1S/C20H26BrN3O2/c1-14(2)22-20(26)13-24-9-7-23(8-10-24)12-18-17-5-4-16(21)11-15(17)3-6-19(18)25/h3-6,11,14,25H,7-10,12-13H2,1-2H3,(H,22,26)/p+2. The molecule has 2 aromatic carbocycles. The van der Waals surface area contributed by atoms with Gasteiger partial charge in [-0.2, -0.15) is 0 Å². The average Bonchev–Trinajstić information content (AvgIpc) is 2.58. The molecular formula is C20H28BrN3O2+2. The van der Waals surface area contributed by atoms with Crippen molar-refractivity contribution in [3.8, 4) is 5.75 Å². The molecule has 5 nitrogen and oxygen atoms in total. The van der Waals surface area contributed by atoms with Crippen molar-refractivity contribution in [1.82, 2.24) is 5.32 Å². The van der Waals surface area contributed by atoms with E-state index in [-0.39, 0.29) is 11.9 Å². The molecule has 0 aliphatic carbocycles. The molecule has 1 amide bonds. The van der Waals surface area contributed by atoms with Crippen LogP contribution in [-0.4, -0.2) is 49.8 Å². The van der Waals surface area contributed by atoms with Crippen molar-refractivity contribution in [2.24, 2.45) is 0 Å². The van der Waals surface area contributed by atoms with Crippen LogP contribution >= 0.6 is 15.9 Å². The number of aromatic hydroxyl groups is 1. The molecule has 0 radical (unpaired) electrons. The van der Waals surface area contributed by atoms with Crippen LogP contribution in [0.25, 0.3) is 10.8 Å². The fourth-order valence-electron chi connectivity index (χ4n) is 3.70. The SMILES string of the molecule is CC(C)NC(=O)C[NH+]1CC[NH+](Cc2c(O)ccc3cc(Br)ccc23)CC1. The van der Waals surface area contributed by atoms with Crippen LogP contribution < -0.4 is 15.1 Å². The smallest absolute Gasteiger partial charge is 0.275 e. The molecule has 3 rings (SSSR count). The Morgan fingerprint density at radius 3 is 2.54 bits per heavy atom. The highest BCUT2D eigenvalue weighted by molar-refractivity contribution is 9.10. The van der Waals surface area contributed by atoms with E-state index in [4.69, 9.17) is 0 Å². The second-order valence-electron chi connectivity index (χ2n) is 7.50. The summed E-state index contributed by atoms with van der Waals surface area (Å²) in [4.78, 5) is 14.7. The first-order valence-electron chi connectivity index (χ1n) is 9.29. The van der Waals surface area contributed by atoms with Crippen molar-refractivity contribution in [3.63, 3.8) is 0 Å². The van der Waals surface area contributed by atoms with Crippen LogP contribution in [0, 0.1) is 0 Å². The highest BCUT2D eigenvalue weighted by Gasteiger charge is 2.26. The van der Waals surface area contributed by atoms with Gasteiger partial charge in [0.25, 0.3) is 5.91 Å². The average molecular weight is 422 g/mol. The summed E-state index contributed by atoms with van der Waals surface area (Å²) in [7, 11) is 0. The van der Waals surface area contributed by atoms with Gasteiger partial charge in [-0.05, 0) is 42.8 Å². The molecule has 2 aromatic rings. The van der Waals surface area contributed by atoms with Gasteiger partial charge in [-0.1, -0.05) is 28.1 Å². The molecule has 6 heteroatoms. The van der Waals surface area contributed by atoms with Crippen molar-refractivity contribution in [2.45, 2.75) is 26.4 Å². The van der Waals surface area contributed by atoms with Gasteiger partial charge in [0, 0.05) is 10.5 Å². The number of quaternary nitrogens is 2. The molecular weight excluding hydrogens is 394 g/mol. The maximum atomic E-state index is 11.9. The third-order valence-electron chi connectivity index (χ3n) is 5.02. The third kappa shape index (κ3) is 4.75. The molecule has 0 unspecified atom stereocenters. The molecule has 140 valence electrons. The molecule has 1 aliphatic heterocycles. The van der Waals surface area contributed by atoms with Gasteiger partial charge in [-0.3, -0.25) is 4.79 Å². The Hall–Kier alpha value is -1.63. The fraction of sp³-hybridized carbons (Fsp3) is 0.450. The van der Waals surface area contributed by atoms with E-state index in [1.165, 1.54) is 9.80 Å². The minimum atomic E-state index is 0.135. The lowest BCUT2D eigenvalue weighted by atomic mass is 10.0. The first-order valence-corrected chi connectivity index (χ1v) is 10.1. The number of fused-ring (bicyclic) bond motifs is 1. The summed E-state index contributed by atoms with van der Waals surface area (Å²) in [6, 6.07) is 10.1. The van der Waals surface area contributed by atoms with Crippen LogP contribution in [-0.2, 0) is 11.3 Å². The Balaban J connectivity index is 1.62. The lowest BCUT2D eigenvalue weighted by Crippen LogP contribution is -3.28. The lowest BCUT2D eigenvalue weighted by Gasteiger charge is -2.30. The van der Waals surface area contributed by atoms with Crippen molar-refractivity contribution in [1.29, 1.82) is 0 Å². The second-order valence-corrected chi connectivity index (χ2v) is 8.42.